The van der Waals surface area contributed by atoms with Gasteiger partial charge in [0.15, 0.2) is 0 Å². The number of pyridine rings is 1. The summed E-state index contributed by atoms with van der Waals surface area (Å²) in [6.45, 7) is 3.87. The second-order valence-corrected chi connectivity index (χ2v) is 2.97. The smallest absolute Gasteiger partial charge is 0.217 e. The van der Waals surface area contributed by atoms with E-state index in [2.05, 4.69) is 11.1 Å². The number of ether oxygens (including phenoxy) is 1. The molecule has 0 saturated carbocycles. The summed E-state index contributed by atoms with van der Waals surface area (Å²) in [6, 6.07) is 5.74. The molecule has 0 aliphatic carbocycles. The van der Waals surface area contributed by atoms with Gasteiger partial charge in [-0.3, -0.25) is 0 Å². The zero-order valence-electron chi connectivity index (χ0n) is 7.82. The number of hydrogen-bond donors (Lipinski definition) is 0. The van der Waals surface area contributed by atoms with E-state index in [4.69, 9.17) is 10.00 Å². The van der Waals surface area contributed by atoms with Crippen LogP contribution in [0, 0.1) is 11.3 Å². The third kappa shape index (κ3) is 2.75. The molecule has 3 nitrogen and oxygen atoms in total. The van der Waals surface area contributed by atoms with Crippen LogP contribution >= 0.6 is 0 Å². The van der Waals surface area contributed by atoms with Gasteiger partial charge in [0.25, 0.3) is 0 Å². The Bertz CT molecular complexity index is 315. The predicted octanol–water partition coefficient (Wildman–Crippen LogP) is 1.93. The van der Waals surface area contributed by atoms with Gasteiger partial charge < -0.3 is 4.74 Å². The van der Waals surface area contributed by atoms with Gasteiger partial charge in [-0.15, -0.1) is 0 Å². The van der Waals surface area contributed by atoms with E-state index in [0.717, 1.165) is 5.56 Å². The maximum Gasteiger partial charge on any atom is 0.217 e. The molecule has 0 amide bonds. The summed E-state index contributed by atoms with van der Waals surface area (Å²) in [5.74, 6) is 0.569. The molecule has 0 aliphatic heterocycles. The fourth-order valence-corrected chi connectivity index (χ4v) is 0.973. The minimum Gasteiger partial charge on any atom is -0.475 e. The fourth-order valence-electron chi connectivity index (χ4n) is 0.973. The van der Waals surface area contributed by atoms with Crippen LogP contribution in [0.3, 0.4) is 0 Å². The van der Waals surface area contributed by atoms with Crippen molar-refractivity contribution in [3.8, 4) is 11.9 Å². The van der Waals surface area contributed by atoms with Gasteiger partial charge >= 0.3 is 0 Å². The van der Waals surface area contributed by atoms with Gasteiger partial charge in [-0.05, 0) is 19.9 Å². The van der Waals surface area contributed by atoms with E-state index in [1.54, 1.807) is 12.3 Å². The number of nitrogens with zero attached hydrogens (tertiary/aromatic N) is 2. The van der Waals surface area contributed by atoms with Crippen molar-refractivity contribution in [2.75, 3.05) is 0 Å². The van der Waals surface area contributed by atoms with E-state index in [0.29, 0.717) is 12.3 Å². The largest absolute Gasteiger partial charge is 0.475 e. The lowest BCUT2D eigenvalue weighted by molar-refractivity contribution is 0.230. The average Bonchev–Trinajstić information content (AvgIpc) is 2.08. The van der Waals surface area contributed by atoms with Crippen molar-refractivity contribution in [2.24, 2.45) is 0 Å². The van der Waals surface area contributed by atoms with Crippen molar-refractivity contribution in [3.63, 3.8) is 0 Å². The van der Waals surface area contributed by atoms with E-state index in [9.17, 15) is 0 Å². The molecule has 0 radical (unpaired) electrons. The van der Waals surface area contributed by atoms with E-state index >= 15 is 0 Å². The van der Waals surface area contributed by atoms with Crippen LogP contribution in [0.25, 0.3) is 0 Å². The highest BCUT2D eigenvalue weighted by Crippen LogP contribution is 2.15. The molecule has 13 heavy (non-hydrogen) atoms. The first-order valence-electron chi connectivity index (χ1n) is 4.21. The molecule has 1 heterocycles. The Kier molecular flexibility index (Phi) is 3.27. The second-order valence-electron chi connectivity index (χ2n) is 2.97. The number of rotatable bonds is 3. The minimum absolute atomic E-state index is 0.0901. The molecule has 0 fully saturated rings. The molecular weight excluding hydrogens is 164 g/mol. The first-order valence-corrected chi connectivity index (χ1v) is 4.21. The monoisotopic (exact) mass is 176 g/mol. The number of hydrogen-bond acceptors (Lipinski definition) is 3. The predicted molar refractivity (Wildman–Crippen MR) is 49.3 cm³/mol. The standard InChI is InChI=1S/C10H12N2O/c1-8(2)13-10-9(5-6-11)4-3-7-12-10/h3-4,7-8H,5H2,1-2H3. The molecule has 0 aromatic carbocycles. The van der Waals surface area contributed by atoms with Crippen LogP contribution in [0.1, 0.15) is 19.4 Å². The first kappa shape index (κ1) is 9.53. The molecule has 1 aromatic rings. The Morgan fingerprint density at radius 1 is 1.62 bits per heavy atom. The molecule has 0 aliphatic rings. The highest BCUT2D eigenvalue weighted by molar-refractivity contribution is 5.28. The maximum absolute atomic E-state index is 8.54. The molecule has 0 spiro atoms. The Hall–Kier alpha value is -1.56. The van der Waals surface area contributed by atoms with Crippen LogP contribution in [-0.2, 0) is 6.42 Å². The molecule has 1 rings (SSSR count). The summed E-state index contributed by atoms with van der Waals surface area (Å²) in [7, 11) is 0. The topological polar surface area (TPSA) is 45.9 Å². The summed E-state index contributed by atoms with van der Waals surface area (Å²) in [6.07, 6.45) is 2.10. The minimum atomic E-state index is 0.0901. The molecule has 0 saturated heterocycles. The highest BCUT2D eigenvalue weighted by Gasteiger charge is 2.05. The summed E-state index contributed by atoms with van der Waals surface area (Å²) >= 11 is 0. The summed E-state index contributed by atoms with van der Waals surface area (Å²) in [5.41, 5.74) is 0.846. The van der Waals surface area contributed by atoms with Crippen LogP contribution < -0.4 is 4.74 Å². The second kappa shape index (κ2) is 4.46. The molecule has 0 unspecified atom stereocenters. The highest BCUT2D eigenvalue weighted by atomic mass is 16.5. The van der Waals surface area contributed by atoms with Crippen molar-refractivity contribution in [1.29, 1.82) is 5.26 Å². The SMILES string of the molecule is CC(C)Oc1ncccc1CC#N. The Balaban J connectivity index is 2.85. The van der Waals surface area contributed by atoms with Gasteiger partial charge in [-0.2, -0.15) is 5.26 Å². The molecule has 68 valence electrons. The first-order chi connectivity index (χ1) is 6.24. The maximum atomic E-state index is 8.54. The van der Waals surface area contributed by atoms with Crippen molar-refractivity contribution < 1.29 is 4.74 Å². The number of nitriles is 1. The van der Waals surface area contributed by atoms with Gasteiger partial charge in [0, 0.05) is 11.8 Å². The van der Waals surface area contributed by atoms with E-state index in [1.807, 2.05) is 19.9 Å². The van der Waals surface area contributed by atoms with Crippen LogP contribution in [0.2, 0.25) is 0 Å². The molecule has 0 N–H and O–H groups in total. The zero-order valence-corrected chi connectivity index (χ0v) is 7.82. The summed E-state index contributed by atoms with van der Waals surface area (Å²) in [5, 5.41) is 8.54. The van der Waals surface area contributed by atoms with Crippen molar-refractivity contribution >= 4 is 0 Å². The fraction of sp³-hybridized carbons (Fsp3) is 0.400. The van der Waals surface area contributed by atoms with E-state index in [-0.39, 0.29) is 6.10 Å². The molecular formula is C10H12N2O. The van der Waals surface area contributed by atoms with Crippen LogP contribution in [0.5, 0.6) is 5.88 Å². The Labute approximate surface area is 78.0 Å². The lowest BCUT2D eigenvalue weighted by atomic mass is 10.2. The summed E-state index contributed by atoms with van der Waals surface area (Å²) in [4.78, 5) is 4.06. The van der Waals surface area contributed by atoms with Crippen LogP contribution in [-0.4, -0.2) is 11.1 Å². The quantitative estimate of drug-likeness (QED) is 0.707. The average molecular weight is 176 g/mol. The van der Waals surface area contributed by atoms with Gasteiger partial charge in [0.05, 0.1) is 18.6 Å². The van der Waals surface area contributed by atoms with E-state index < -0.39 is 0 Å². The van der Waals surface area contributed by atoms with Gasteiger partial charge in [-0.1, -0.05) is 6.07 Å². The normalized spacial score (nSPS) is 9.69. The zero-order chi connectivity index (χ0) is 9.68. The molecule has 1 aromatic heterocycles. The molecule has 3 heteroatoms. The van der Waals surface area contributed by atoms with E-state index in [1.165, 1.54) is 0 Å². The Morgan fingerprint density at radius 2 is 2.38 bits per heavy atom. The van der Waals surface area contributed by atoms with Crippen molar-refractivity contribution in [3.05, 3.63) is 23.9 Å². The van der Waals surface area contributed by atoms with Crippen LogP contribution in [0.15, 0.2) is 18.3 Å². The van der Waals surface area contributed by atoms with Crippen molar-refractivity contribution in [2.45, 2.75) is 26.4 Å². The molecule has 0 bridgehead atoms. The Morgan fingerprint density at radius 3 is 3.00 bits per heavy atom. The van der Waals surface area contributed by atoms with Gasteiger partial charge in [-0.25, -0.2) is 4.98 Å². The third-order valence-electron chi connectivity index (χ3n) is 1.47. The van der Waals surface area contributed by atoms with Crippen LogP contribution in [0.4, 0.5) is 0 Å². The lowest BCUT2D eigenvalue weighted by Crippen LogP contribution is -2.08. The summed E-state index contributed by atoms with van der Waals surface area (Å²) < 4.78 is 5.44. The number of aromatic nitrogens is 1. The van der Waals surface area contributed by atoms with Gasteiger partial charge in [0.1, 0.15) is 0 Å². The van der Waals surface area contributed by atoms with Gasteiger partial charge in [0.2, 0.25) is 5.88 Å². The van der Waals surface area contributed by atoms with Crippen molar-refractivity contribution in [1.82, 2.24) is 4.98 Å². The lowest BCUT2D eigenvalue weighted by Gasteiger charge is -2.10. The third-order valence-corrected chi connectivity index (χ3v) is 1.47. The molecule has 0 atom stereocenters.